The number of pyridine rings is 1. The zero-order chi connectivity index (χ0) is 27.0. The second-order valence-electron chi connectivity index (χ2n) is 11.9. The van der Waals surface area contributed by atoms with Crippen molar-refractivity contribution < 1.29 is 17.9 Å². The van der Waals surface area contributed by atoms with Gasteiger partial charge in [0.1, 0.15) is 12.4 Å². The van der Waals surface area contributed by atoms with E-state index in [-0.39, 0.29) is 5.91 Å². The Bertz CT molecular complexity index is 1220. The molecule has 0 bridgehead atoms. The third-order valence-electron chi connectivity index (χ3n) is 7.84. The molecule has 1 saturated carbocycles. The maximum absolute atomic E-state index is 13.3. The molecular weight excluding hydrogens is 506 g/mol. The Balaban J connectivity index is 1.55. The van der Waals surface area contributed by atoms with Crippen LogP contribution in [0.15, 0.2) is 18.5 Å². The Morgan fingerprint density at radius 3 is 2.51 bits per heavy atom. The van der Waals surface area contributed by atoms with Crippen LogP contribution in [0.25, 0.3) is 11.0 Å². The van der Waals surface area contributed by atoms with Crippen LogP contribution in [-0.4, -0.2) is 86.9 Å². The Kier molecular flexibility index (Phi) is 8.37. The minimum Gasteiger partial charge on any atom is -0.361 e. The van der Waals surface area contributed by atoms with E-state index >= 15 is 0 Å². The molecule has 9 nitrogen and oxygen atoms in total. The fraction of sp³-hybridized carbons (Fsp3) is 0.692. The summed E-state index contributed by atoms with van der Waals surface area (Å²) in [5, 5.41) is 0.995. The van der Waals surface area contributed by atoms with Crippen molar-refractivity contribution in [3.05, 3.63) is 24.0 Å². The highest BCUT2D eigenvalue weighted by Crippen LogP contribution is 2.39. The van der Waals surface area contributed by atoms with Gasteiger partial charge in [-0.05, 0) is 50.6 Å². The number of carbonyl (C=O) groups is 1. The van der Waals surface area contributed by atoms with Gasteiger partial charge in [-0.3, -0.25) is 4.79 Å². The number of anilines is 1. The molecule has 1 amide bonds. The predicted octanol–water partition coefficient (Wildman–Crippen LogP) is 4.04. The van der Waals surface area contributed by atoms with Crippen LogP contribution in [0, 0.1) is 5.92 Å². The minimum atomic E-state index is -3.17. The van der Waals surface area contributed by atoms with Crippen molar-refractivity contribution in [1.29, 1.82) is 0 Å². The number of rotatable bonds is 10. The van der Waals surface area contributed by atoms with Gasteiger partial charge in [0, 0.05) is 58.6 Å². The summed E-state index contributed by atoms with van der Waals surface area (Å²) < 4.78 is 33.2. The van der Waals surface area contributed by atoms with E-state index in [1.807, 2.05) is 22.6 Å². The van der Waals surface area contributed by atoms with Crippen LogP contribution >= 0.6 is 0 Å². The van der Waals surface area contributed by atoms with Crippen molar-refractivity contribution in [3.63, 3.8) is 0 Å². The normalized spacial score (nSPS) is 21.2. The summed E-state index contributed by atoms with van der Waals surface area (Å²) in [5.41, 5.74) is 2.49. The molecule has 0 unspecified atom stereocenters. The zero-order valence-electron chi connectivity index (χ0n) is 23.2. The molecule has 2 aromatic rings. The Labute approximate surface area is 222 Å². The summed E-state index contributed by atoms with van der Waals surface area (Å²) in [7, 11) is -2.66. The average molecular weight is 550 g/mol. The lowest BCUT2D eigenvalue weighted by atomic mass is 9.84. The lowest BCUT2D eigenvalue weighted by Gasteiger charge is -2.44. The average Bonchev–Trinajstić information content (AvgIpc) is 3.25. The van der Waals surface area contributed by atoms with Crippen molar-refractivity contribution >= 4 is 40.7 Å². The minimum absolute atomic E-state index is 0.0331. The summed E-state index contributed by atoms with van der Waals surface area (Å²) in [5.74, 6) is 0.391. The van der Waals surface area contributed by atoms with Gasteiger partial charge in [-0.1, -0.05) is 19.6 Å². The van der Waals surface area contributed by atoms with E-state index in [1.165, 1.54) is 10.6 Å². The molecule has 2 aliphatic rings. The van der Waals surface area contributed by atoms with Crippen LogP contribution in [-0.2, 0) is 21.5 Å². The van der Waals surface area contributed by atoms with Gasteiger partial charge in [-0.2, -0.15) is 0 Å². The first kappa shape index (κ1) is 28.1. The Morgan fingerprint density at radius 1 is 1.19 bits per heavy atom. The number of amides is 1. The highest BCUT2D eigenvalue weighted by molar-refractivity contribution is 7.88. The molecular formula is C26H43N5O4SSi. The zero-order valence-corrected chi connectivity index (χ0v) is 25.1. The van der Waals surface area contributed by atoms with Crippen LogP contribution < -0.4 is 4.90 Å². The Morgan fingerprint density at radius 2 is 1.89 bits per heavy atom. The monoisotopic (exact) mass is 549 g/mol. The third-order valence-corrected chi connectivity index (χ3v) is 10.8. The lowest BCUT2D eigenvalue weighted by molar-refractivity contribution is 0.0741. The molecule has 0 spiro atoms. The molecule has 2 aromatic heterocycles. The van der Waals surface area contributed by atoms with Gasteiger partial charge < -0.3 is 19.1 Å². The molecule has 0 N–H and O–H groups in total. The fourth-order valence-corrected chi connectivity index (χ4v) is 6.64. The van der Waals surface area contributed by atoms with E-state index in [9.17, 15) is 13.2 Å². The second kappa shape index (κ2) is 11.0. The number of aromatic nitrogens is 2. The molecule has 11 heteroatoms. The number of fused-ring (bicyclic) bond motifs is 3. The number of hydrogen-bond donors (Lipinski definition) is 0. The molecule has 37 heavy (non-hydrogen) atoms. The highest BCUT2D eigenvalue weighted by Gasteiger charge is 2.36. The van der Waals surface area contributed by atoms with E-state index < -0.39 is 18.1 Å². The van der Waals surface area contributed by atoms with Crippen LogP contribution in [0.3, 0.4) is 0 Å². The molecule has 1 aliphatic carbocycles. The summed E-state index contributed by atoms with van der Waals surface area (Å²) in [6.07, 6.45) is 8.89. The molecule has 1 aliphatic heterocycles. The van der Waals surface area contributed by atoms with Crippen LogP contribution in [0.5, 0.6) is 0 Å². The van der Waals surface area contributed by atoms with Gasteiger partial charge in [-0.15, -0.1) is 0 Å². The van der Waals surface area contributed by atoms with Crippen LogP contribution in [0.2, 0.25) is 25.7 Å². The summed E-state index contributed by atoms with van der Waals surface area (Å²) >= 11 is 0. The SMILES string of the molecule is CCN1CN([C@H]2CC[C@H](CN(C)S(C)(=O)=O)CC2)c2c(cnc3c2ccn3COCC[Si](C)(C)C)C1=O. The molecule has 0 aromatic carbocycles. The first-order valence-corrected chi connectivity index (χ1v) is 19.0. The van der Waals surface area contributed by atoms with Crippen molar-refractivity contribution in [2.24, 2.45) is 5.92 Å². The van der Waals surface area contributed by atoms with Gasteiger partial charge in [0.25, 0.3) is 5.91 Å². The van der Waals surface area contributed by atoms with E-state index in [2.05, 4.69) is 30.6 Å². The molecule has 206 valence electrons. The maximum atomic E-state index is 13.3. The topological polar surface area (TPSA) is 88.0 Å². The highest BCUT2D eigenvalue weighted by atomic mass is 32.2. The van der Waals surface area contributed by atoms with Crippen molar-refractivity contribution in [2.45, 2.75) is 71.1 Å². The molecule has 1 fully saturated rings. The largest absolute Gasteiger partial charge is 0.361 e. The van der Waals surface area contributed by atoms with Gasteiger partial charge in [0.15, 0.2) is 0 Å². The van der Waals surface area contributed by atoms with E-state index in [1.54, 1.807) is 13.2 Å². The number of carbonyl (C=O) groups excluding carboxylic acids is 1. The van der Waals surface area contributed by atoms with Gasteiger partial charge in [0.05, 0.1) is 24.2 Å². The molecule has 4 rings (SSSR count). The standard InChI is InChI=1S/C26H43N5O4SSi/c1-7-29-18-31(21-10-8-20(9-11-21)17-28(2)36(3,33)34)24-22-12-13-30(19-35-14-15-37(4,5)6)25(22)27-16-23(24)26(29)32/h12-13,16,20-21H,7-11,14-15,17-19H2,1-6H3/t20-,21-. The first-order valence-electron chi connectivity index (χ1n) is 13.4. The third kappa shape index (κ3) is 6.38. The summed E-state index contributed by atoms with van der Waals surface area (Å²) in [4.78, 5) is 22.3. The van der Waals surface area contributed by atoms with Crippen LogP contribution in [0.1, 0.15) is 43.0 Å². The number of hydrogen-bond acceptors (Lipinski definition) is 6. The smallest absolute Gasteiger partial charge is 0.258 e. The van der Waals surface area contributed by atoms with Gasteiger partial charge >= 0.3 is 0 Å². The number of ether oxygens (including phenoxy) is 1. The van der Waals surface area contributed by atoms with Crippen LogP contribution in [0.4, 0.5) is 5.69 Å². The summed E-state index contributed by atoms with van der Waals surface area (Å²) in [6.45, 7) is 12.0. The van der Waals surface area contributed by atoms with Gasteiger partial charge in [-0.25, -0.2) is 17.7 Å². The van der Waals surface area contributed by atoms with E-state index in [0.29, 0.717) is 44.0 Å². The lowest BCUT2D eigenvalue weighted by Crippen LogP contribution is -2.52. The molecule has 0 radical (unpaired) electrons. The fourth-order valence-electron chi connectivity index (χ4n) is 5.41. The maximum Gasteiger partial charge on any atom is 0.258 e. The molecule has 3 heterocycles. The number of nitrogens with zero attached hydrogens (tertiary/aromatic N) is 5. The van der Waals surface area contributed by atoms with Crippen molar-refractivity contribution in [1.82, 2.24) is 18.8 Å². The first-order chi connectivity index (χ1) is 17.4. The molecule has 0 atom stereocenters. The van der Waals surface area contributed by atoms with E-state index in [4.69, 9.17) is 9.72 Å². The van der Waals surface area contributed by atoms with Crippen molar-refractivity contribution in [2.75, 3.05) is 44.6 Å². The van der Waals surface area contributed by atoms with Crippen molar-refractivity contribution in [3.8, 4) is 0 Å². The van der Waals surface area contributed by atoms with Gasteiger partial charge in [0.2, 0.25) is 10.0 Å². The predicted molar refractivity (Wildman–Crippen MR) is 151 cm³/mol. The second-order valence-corrected chi connectivity index (χ2v) is 19.6. The number of sulfonamides is 1. The molecule has 0 saturated heterocycles. The Hall–Kier alpha value is -1.95. The summed E-state index contributed by atoms with van der Waals surface area (Å²) in [6, 6.07) is 3.48. The quantitative estimate of drug-likeness (QED) is 0.328. The van der Waals surface area contributed by atoms with E-state index in [0.717, 1.165) is 55.1 Å².